The average Bonchev–Trinajstić information content (AvgIpc) is 2.93. The second kappa shape index (κ2) is 8.03. The van der Waals surface area contributed by atoms with Gasteiger partial charge < -0.3 is 11.1 Å². The van der Waals surface area contributed by atoms with E-state index >= 15 is 0 Å². The summed E-state index contributed by atoms with van der Waals surface area (Å²) < 4.78 is 1.91. The van der Waals surface area contributed by atoms with Gasteiger partial charge in [0.1, 0.15) is 0 Å². The van der Waals surface area contributed by atoms with Gasteiger partial charge in [0.25, 0.3) is 0 Å². The molecule has 2 aliphatic carbocycles. The number of carbonyl (C=O) groups excluding carboxylic acids is 1. The number of aromatic nitrogens is 2. The Balaban J connectivity index is 0.00000210. The fourth-order valence-electron chi connectivity index (χ4n) is 4.85. The predicted molar refractivity (Wildman–Crippen MR) is 110 cm³/mol. The average molecular weight is 389 g/mol. The summed E-state index contributed by atoms with van der Waals surface area (Å²) in [4.78, 5) is 12.8. The Morgan fingerprint density at radius 2 is 1.89 bits per heavy atom. The fourth-order valence-corrected chi connectivity index (χ4v) is 4.85. The smallest absolute Gasteiger partial charge is 0.227 e. The zero-order valence-corrected chi connectivity index (χ0v) is 16.8. The summed E-state index contributed by atoms with van der Waals surface area (Å²) in [7, 11) is 0. The first-order valence-corrected chi connectivity index (χ1v) is 9.71. The standard InChI is InChI=1S/C21H28N4O.ClH/c1-13-9-14(2)25(24-13)19-8-4-7-18(12-19)23-21(26)17-10-15-5-3-6-16(11-17)20(15)22;/h4,7-9,12,15-17,20H,3,5-6,10-11,22H2,1-2H3,(H,23,26);1H. The first-order chi connectivity index (χ1) is 12.5. The van der Waals surface area contributed by atoms with Crippen molar-refractivity contribution in [2.24, 2.45) is 23.5 Å². The molecule has 2 unspecified atom stereocenters. The van der Waals surface area contributed by atoms with Gasteiger partial charge in [-0.25, -0.2) is 4.68 Å². The highest BCUT2D eigenvalue weighted by molar-refractivity contribution is 5.92. The van der Waals surface area contributed by atoms with Crippen LogP contribution < -0.4 is 11.1 Å². The lowest BCUT2D eigenvalue weighted by atomic mass is 9.65. The van der Waals surface area contributed by atoms with E-state index in [1.807, 2.05) is 42.8 Å². The van der Waals surface area contributed by atoms with Gasteiger partial charge in [0.15, 0.2) is 0 Å². The molecule has 1 aromatic carbocycles. The number of hydrogen-bond donors (Lipinski definition) is 2. The van der Waals surface area contributed by atoms with E-state index in [2.05, 4.69) is 16.5 Å². The van der Waals surface area contributed by atoms with Crippen LogP contribution in [0.25, 0.3) is 5.69 Å². The number of aryl methyl sites for hydroxylation is 2. The highest BCUT2D eigenvalue weighted by Crippen LogP contribution is 2.42. The monoisotopic (exact) mass is 388 g/mol. The van der Waals surface area contributed by atoms with Gasteiger partial charge in [0.2, 0.25) is 5.91 Å². The molecule has 2 atom stereocenters. The Morgan fingerprint density at radius 1 is 1.19 bits per heavy atom. The predicted octanol–water partition coefficient (Wildman–Crippen LogP) is 4.00. The summed E-state index contributed by atoms with van der Waals surface area (Å²) in [6.07, 6.45) is 5.48. The Labute approximate surface area is 167 Å². The van der Waals surface area contributed by atoms with Crippen LogP contribution in [0.4, 0.5) is 5.69 Å². The molecule has 2 fully saturated rings. The van der Waals surface area contributed by atoms with Gasteiger partial charge in [0.05, 0.1) is 11.4 Å². The van der Waals surface area contributed by atoms with Crippen LogP contribution >= 0.6 is 12.4 Å². The molecule has 2 aliphatic rings. The number of nitrogens with two attached hydrogens (primary N) is 1. The lowest BCUT2D eigenvalue weighted by Crippen LogP contribution is -2.48. The quantitative estimate of drug-likeness (QED) is 0.834. The number of anilines is 1. The third-order valence-electron chi connectivity index (χ3n) is 6.15. The number of carbonyl (C=O) groups is 1. The number of amides is 1. The summed E-state index contributed by atoms with van der Waals surface area (Å²) in [5.41, 5.74) is 10.2. The van der Waals surface area contributed by atoms with Gasteiger partial charge >= 0.3 is 0 Å². The van der Waals surface area contributed by atoms with Gasteiger partial charge in [0, 0.05) is 23.3 Å². The minimum atomic E-state index is 0. The topological polar surface area (TPSA) is 72.9 Å². The zero-order chi connectivity index (χ0) is 18.3. The largest absolute Gasteiger partial charge is 0.327 e. The SMILES string of the molecule is Cc1cc(C)n(-c2cccc(NC(=O)C3CC4CCCC(C3)C4N)c2)n1.Cl. The third-order valence-corrected chi connectivity index (χ3v) is 6.15. The lowest BCUT2D eigenvalue weighted by molar-refractivity contribution is -0.122. The minimum Gasteiger partial charge on any atom is -0.327 e. The number of fused-ring (bicyclic) bond motifs is 2. The Hall–Kier alpha value is -1.85. The maximum Gasteiger partial charge on any atom is 0.227 e. The Kier molecular flexibility index (Phi) is 5.92. The lowest BCUT2D eigenvalue weighted by Gasteiger charge is -2.43. The Morgan fingerprint density at radius 3 is 2.52 bits per heavy atom. The van der Waals surface area contributed by atoms with Crippen molar-refractivity contribution >= 4 is 24.0 Å². The van der Waals surface area contributed by atoms with E-state index in [1.165, 1.54) is 19.3 Å². The normalized spacial score (nSPS) is 26.9. The zero-order valence-electron chi connectivity index (χ0n) is 16.0. The minimum absolute atomic E-state index is 0. The van der Waals surface area contributed by atoms with Crippen LogP contribution in [-0.4, -0.2) is 21.7 Å². The molecule has 1 amide bonds. The molecule has 0 spiro atoms. The van der Waals surface area contributed by atoms with Crippen molar-refractivity contribution in [2.45, 2.75) is 52.0 Å². The summed E-state index contributed by atoms with van der Waals surface area (Å²) in [5, 5.41) is 7.66. The molecule has 2 aromatic rings. The van der Waals surface area contributed by atoms with E-state index in [9.17, 15) is 4.79 Å². The van der Waals surface area contributed by atoms with Gasteiger partial charge in [-0.3, -0.25) is 4.79 Å². The molecule has 1 heterocycles. The molecule has 1 aromatic heterocycles. The number of nitrogens with one attached hydrogen (secondary N) is 1. The van der Waals surface area contributed by atoms with Crippen molar-refractivity contribution in [3.8, 4) is 5.69 Å². The van der Waals surface area contributed by atoms with E-state index in [0.29, 0.717) is 17.9 Å². The van der Waals surface area contributed by atoms with Crippen LogP contribution in [0.3, 0.4) is 0 Å². The number of hydrogen-bond acceptors (Lipinski definition) is 3. The highest BCUT2D eigenvalue weighted by Gasteiger charge is 2.40. The van der Waals surface area contributed by atoms with Crippen molar-refractivity contribution in [1.29, 1.82) is 0 Å². The van der Waals surface area contributed by atoms with Crippen molar-refractivity contribution in [1.82, 2.24) is 9.78 Å². The molecule has 0 saturated heterocycles. The van der Waals surface area contributed by atoms with Crippen molar-refractivity contribution in [3.05, 3.63) is 41.7 Å². The molecule has 3 N–H and O–H groups in total. The maximum atomic E-state index is 12.8. The van der Waals surface area contributed by atoms with E-state index in [4.69, 9.17) is 5.73 Å². The van der Waals surface area contributed by atoms with Crippen LogP contribution in [-0.2, 0) is 4.79 Å². The summed E-state index contributed by atoms with van der Waals surface area (Å²) >= 11 is 0. The highest BCUT2D eigenvalue weighted by atomic mass is 35.5. The van der Waals surface area contributed by atoms with E-state index in [0.717, 1.165) is 35.6 Å². The number of halogens is 1. The molecule has 146 valence electrons. The summed E-state index contributed by atoms with van der Waals surface area (Å²) in [5.74, 6) is 1.25. The van der Waals surface area contributed by atoms with Crippen LogP contribution in [0.5, 0.6) is 0 Å². The first-order valence-electron chi connectivity index (χ1n) is 9.71. The van der Waals surface area contributed by atoms with Crippen LogP contribution in [0.1, 0.15) is 43.5 Å². The number of benzene rings is 1. The number of rotatable bonds is 3. The third kappa shape index (κ3) is 4.04. The molecule has 0 radical (unpaired) electrons. The molecule has 0 aliphatic heterocycles. The summed E-state index contributed by atoms with van der Waals surface area (Å²) in [6.45, 7) is 4.02. The fraction of sp³-hybridized carbons (Fsp3) is 0.524. The molecular formula is C21H29ClN4O. The molecule has 6 heteroatoms. The van der Waals surface area contributed by atoms with Gasteiger partial charge in [-0.15, -0.1) is 12.4 Å². The second-order valence-corrected chi connectivity index (χ2v) is 8.08. The van der Waals surface area contributed by atoms with E-state index < -0.39 is 0 Å². The van der Waals surface area contributed by atoms with Gasteiger partial charge in [-0.1, -0.05) is 12.5 Å². The van der Waals surface area contributed by atoms with Crippen molar-refractivity contribution in [3.63, 3.8) is 0 Å². The first kappa shape index (κ1) is 19.9. The molecule has 2 saturated carbocycles. The molecule has 4 rings (SSSR count). The maximum absolute atomic E-state index is 12.8. The van der Waals surface area contributed by atoms with Gasteiger partial charge in [-0.2, -0.15) is 5.10 Å². The van der Waals surface area contributed by atoms with Crippen LogP contribution in [0, 0.1) is 31.6 Å². The molecule has 5 nitrogen and oxygen atoms in total. The molecular weight excluding hydrogens is 360 g/mol. The molecule has 2 bridgehead atoms. The number of nitrogens with zero attached hydrogens (tertiary/aromatic N) is 2. The van der Waals surface area contributed by atoms with Crippen molar-refractivity contribution < 1.29 is 4.79 Å². The van der Waals surface area contributed by atoms with E-state index in [1.54, 1.807) is 0 Å². The van der Waals surface area contributed by atoms with Crippen LogP contribution in [0.15, 0.2) is 30.3 Å². The Bertz CT molecular complexity index is 804. The van der Waals surface area contributed by atoms with E-state index in [-0.39, 0.29) is 24.2 Å². The van der Waals surface area contributed by atoms with Crippen LogP contribution in [0.2, 0.25) is 0 Å². The van der Waals surface area contributed by atoms with Crippen molar-refractivity contribution in [2.75, 3.05) is 5.32 Å². The van der Waals surface area contributed by atoms with Gasteiger partial charge in [-0.05, 0) is 75.6 Å². The molecule has 27 heavy (non-hydrogen) atoms. The second-order valence-electron chi connectivity index (χ2n) is 8.08. The summed E-state index contributed by atoms with van der Waals surface area (Å²) in [6, 6.07) is 10.3.